The van der Waals surface area contributed by atoms with Gasteiger partial charge >= 0.3 is 0 Å². The average Bonchev–Trinajstić information content (AvgIpc) is 2.90. The lowest BCUT2D eigenvalue weighted by molar-refractivity contribution is 0.312. The molecule has 2 saturated heterocycles. The Labute approximate surface area is 122 Å². The number of hydrogen-bond donors (Lipinski definition) is 2. The van der Waals surface area contributed by atoms with Crippen molar-refractivity contribution in [3.8, 4) is 0 Å². The van der Waals surface area contributed by atoms with Crippen LogP contribution in [0.5, 0.6) is 0 Å². The number of rotatable bonds is 3. The first kappa shape index (κ1) is 15.5. The molecule has 3 aliphatic rings. The lowest BCUT2D eigenvalue weighted by Crippen LogP contribution is -2.52. The monoisotopic (exact) mass is 309 g/mol. The van der Waals surface area contributed by atoms with Crippen LogP contribution in [0.3, 0.4) is 0 Å². The highest BCUT2D eigenvalue weighted by Gasteiger charge is 2.44. The molecule has 0 amide bonds. The molecular formula is C12H24ClN3O2S. The van der Waals surface area contributed by atoms with Gasteiger partial charge in [-0.25, -0.2) is 0 Å². The van der Waals surface area contributed by atoms with Crippen molar-refractivity contribution in [2.45, 2.75) is 57.2 Å². The van der Waals surface area contributed by atoms with Gasteiger partial charge in [0.05, 0.1) is 0 Å². The summed E-state index contributed by atoms with van der Waals surface area (Å²) in [6.45, 7) is 3.75. The summed E-state index contributed by atoms with van der Waals surface area (Å²) in [6.07, 6.45) is 5.12. The van der Waals surface area contributed by atoms with Crippen LogP contribution in [0.4, 0.5) is 0 Å². The van der Waals surface area contributed by atoms with Gasteiger partial charge in [0.1, 0.15) is 0 Å². The molecule has 1 aliphatic carbocycles. The van der Waals surface area contributed by atoms with Gasteiger partial charge in [-0.15, -0.1) is 12.4 Å². The van der Waals surface area contributed by atoms with E-state index in [1.165, 1.54) is 6.42 Å². The third-order valence-electron chi connectivity index (χ3n) is 4.61. The molecule has 4 unspecified atom stereocenters. The van der Waals surface area contributed by atoms with Crippen molar-refractivity contribution in [3.05, 3.63) is 0 Å². The summed E-state index contributed by atoms with van der Waals surface area (Å²) in [6, 6.07) is 0.776. The second-order valence-electron chi connectivity index (χ2n) is 6.10. The molecule has 2 bridgehead atoms. The van der Waals surface area contributed by atoms with Gasteiger partial charge in [0.25, 0.3) is 10.2 Å². The Balaban J connectivity index is 0.00000133. The first-order chi connectivity index (χ1) is 8.54. The van der Waals surface area contributed by atoms with Crippen molar-refractivity contribution in [1.29, 1.82) is 0 Å². The fourth-order valence-corrected chi connectivity index (χ4v) is 5.45. The van der Waals surface area contributed by atoms with Crippen molar-refractivity contribution in [2.24, 2.45) is 5.92 Å². The van der Waals surface area contributed by atoms with Gasteiger partial charge in [-0.2, -0.15) is 17.4 Å². The minimum atomic E-state index is -3.26. The van der Waals surface area contributed by atoms with Gasteiger partial charge < -0.3 is 5.32 Å². The van der Waals surface area contributed by atoms with E-state index in [9.17, 15) is 8.42 Å². The summed E-state index contributed by atoms with van der Waals surface area (Å²) in [5, 5.41) is 3.35. The average molecular weight is 310 g/mol. The number of fused-ring (bicyclic) bond motifs is 2. The van der Waals surface area contributed by atoms with Crippen LogP contribution in [0.25, 0.3) is 0 Å². The lowest BCUT2D eigenvalue weighted by atomic mass is 10.0. The molecule has 4 atom stereocenters. The minimum Gasteiger partial charge on any atom is -0.314 e. The van der Waals surface area contributed by atoms with Crippen molar-refractivity contribution in [3.63, 3.8) is 0 Å². The van der Waals surface area contributed by atoms with Crippen LogP contribution in [0.2, 0.25) is 0 Å². The fraction of sp³-hybridized carbons (Fsp3) is 1.00. The predicted octanol–water partition coefficient (Wildman–Crippen LogP) is 0.867. The van der Waals surface area contributed by atoms with E-state index in [2.05, 4.69) is 17.0 Å². The molecule has 7 heteroatoms. The van der Waals surface area contributed by atoms with E-state index in [0.29, 0.717) is 12.0 Å². The van der Waals surface area contributed by atoms with E-state index in [0.717, 1.165) is 38.8 Å². The summed E-state index contributed by atoms with van der Waals surface area (Å²) in [4.78, 5) is 0. The zero-order valence-electron chi connectivity index (χ0n) is 11.3. The summed E-state index contributed by atoms with van der Waals surface area (Å²) >= 11 is 0. The highest BCUT2D eigenvalue weighted by Crippen LogP contribution is 2.38. The van der Waals surface area contributed by atoms with E-state index >= 15 is 0 Å². The molecule has 112 valence electrons. The normalized spacial score (nSPS) is 39.2. The third-order valence-corrected chi connectivity index (χ3v) is 6.30. The molecule has 0 aromatic heterocycles. The number of nitrogens with one attached hydrogen (secondary N) is 2. The quantitative estimate of drug-likeness (QED) is 0.813. The number of nitrogens with zero attached hydrogens (tertiary/aromatic N) is 1. The molecule has 0 aromatic rings. The second kappa shape index (κ2) is 5.85. The van der Waals surface area contributed by atoms with Crippen molar-refractivity contribution in [1.82, 2.24) is 14.3 Å². The molecule has 0 radical (unpaired) electrons. The second-order valence-corrected chi connectivity index (χ2v) is 7.76. The van der Waals surface area contributed by atoms with Gasteiger partial charge in [-0.3, -0.25) is 0 Å². The van der Waals surface area contributed by atoms with Gasteiger partial charge in [-0.1, -0.05) is 0 Å². The lowest BCUT2D eigenvalue weighted by Gasteiger charge is -2.32. The van der Waals surface area contributed by atoms with Gasteiger partial charge in [0.15, 0.2) is 0 Å². The van der Waals surface area contributed by atoms with Crippen LogP contribution in [0.15, 0.2) is 0 Å². The zero-order valence-corrected chi connectivity index (χ0v) is 13.0. The van der Waals surface area contributed by atoms with E-state index in [1.807, 2.05) is 0 Å². The predicted molar refractivity (Wildman–Crippen MR) is 77.6 cm³/mol. The van der Waals surface area contributed by atoms with Gasteiger partial charge in [-0.05, 0) is 51.5 Å². The summed E-state index contributed by atoms with van der Waals surface area (Å²) < 4.78 is 29.4. The molecule has 3 fully saturated rings. The maximum atomic E-state index is 12.4. The first-order valence-corrected chi connectivity index (χ1v) is 8.51. The van der Waals surface area contributed by atoms with Gasteiger partial charge in [0.2, 0.25) is 0 Å². The Morgan fingerprint density at radius 1 is 1.21 bits per heavy atom. The molecule has 2 heterocycles. The molecule has 0 spiro atoms. The van der Waals surface area contributed by atoms with Crippen LogP contribution in [0, 0.1) is 5.92 Å². The summed E-state index contributed by atoms with van der Waals surface area (Å²) in [5.74, 6) is 0.610. The van der Waals surface area contributed by atoms with Crippen LogP contribution in [0.1, 0.15) is 39.0 Å². The Bertz CT molecular complexity index is 417. The van der Waals surface area contributed by atoms with Crippen LogP contribution in [-0.2, 0) is 10.2 Å². The maximum absolute atomic E-state index is 12.4. The number of piperidine rings is 2. The maximum Gasteiger partial charge on any atom is 0.279 e. The fourth-order valence-electron chi connectivity index (χ4n) is 3.69. The summed E-state index contributed by atoms with van der Waals surface area (Å²) in [7, 11) is -3.26. The zero-order chi connectivity index (χ0) is 12.8. The SMILES string of the molecule is CC1CC(NS(=O)(=O)N2CC3CCC2C3)CCN1.Cl. The van der Waals surface area contributed by atoms with Crippen LogP contribution in [-0.4, -0.2) is 43.9 Å². The molecule has 0 aromatic carbocycles. The molecule has 2 aliphatic heterocycles. The van der Waals surface area contributed by atoms with Crippen molar-refractivity contribution >= 4 is 22.6 Å². The Hall–Kier alpha value is 0.120. The van der Waals surface area contributed by atoms with Gasteiger partial charge in [0, 0.05) is 24.7 Å². The standard InChI is InChI=1S/C12H23N3O2S.ClH/c1-9-6-11(4-5-13-9)14-18(16,17)15-8-10-2-3-12(15)7-10;/h9-14H,2-8H2,1H3;1H. The van der Waals surface area contributed by atoms with Crippen LogP contribution < -0.4 is 10.0 Å². The largest absolute Gasteiger partial charge is 0.314 e. The smallest absolute Gasteiger partial charge is 0.279 e. The van der Waals surface area contributed by atoms with E-state index < -0.39 is 10.2 Å². The number of hydrogen-bond acceptors (Lipinski definition) is 3. The highest BCUT2D eigenvalue weighted by atomic mass is 35.5. The van der Waals surface area contributed by atoms with E-state index in [4.69, 9.17) is 0 Å². The molecule has 5 nitrogen and oxygen atoms in total. The molecule has 1 saturated carbocycles. The third kappa shape index (κ3) is 3.24. The molecule has 19 heavy (non-hydrogen) atoms. The highest BCUT2D eigenvalue weighted by molar-refractivity contribution is 7.87. The van der Waals surface area contributed by atoms with Crippen molar-refractivity contribution in [2.75, 3.05) is 13.1 Å². The Kier molecular flexibility index (Phi) is 4.78. The number of halogens is 1. The van der Waals surface area contributed by atoms with E-state index in [1.54, 1.807) is 4.31 Å². The Morgan fingerprint density at radius 3 is 2.58 bits per heavy atom. The van der Waals surface area contributed by atoms with Crippen LogP contribution >= 0.6 is 12.4 Å². The van der Waals surface area contributed by atoms with Crippen molar-refractivity contribution < 1.29 is 8.42 Å². The topological polar surface area (TPSA) is 61.4 Å². The molecule has 2 N–H and O–H groups in total. The Morgan fingerprint density at radius 2 is 2.00 bits per heavy atom. The summed E-state index contributed by atoms with van der Waals surface area (Å²) in [5.41, 5.74) is 0. The van der Waals surface area contributed by atoms with E-state index in [-0.39, 0.29) is 24.5 Å². The molecule has 3 rings (SSSR count). The minimum absolute atomic E-state index is 0. The first-order valence-electron chi connectivity index (χ1n) is 7.07. The molecular weight excluding hydrogens is 286 g/mol.